The smallest absolute Gasteiger partial charge is 0.137 e. The molecule has 10 aromatic carbocycles. The average molecular weight is 990 g/mol. The van der Waals surface area contributed by atoms with Crippen molar-refractivity contribution in [2.45, 2.75) is 33.1 Å². The molecule has 2 aliphatic rings. The highest BCUT2D eigenvalue weighted by Crippen LogP contribution is 2.55. The first-order valence-corrected chi connectivity index (χ1v) is 25.5. The molecule has 0 saturated carbocycles. The predicted molar refractivity (Wildman–Crippen MR) is 320 cm³/mol. The molecule has 0 radical (unpaired) electrons. The van der Waals surface area contributed by atoms with Gasteiger partial charge in [0, 0.05) is 51.2 Å². The van der Waals surface area contributed by atoms with Gasteiger partial charge in [-0.2, -0.15) is 0 Å². The van der Waals surface area contributed by atoms with E-state index < -0.39 is 60.4 Å². The highest BCUT2D eigenvalue weighted by atomic mass is 15.4. The highest BCUT2D eigenvalue weighted by Gasteiger charge is 2.34. The molecule has 11 aromatic rings. The zero-order valence-electron chi connectivity index (χ0n) is 52.5. The van der Waals surface area contributed by atoms with E-state index in [0.717, 1.165) is 79.0 Å². The van der Waals surface area contributed by atoms with Crippen LogP contribution in [0.2, 0.25) is 0 Å². The Labute approximate surface area is 460 Å². The van der Waals surface area contributed by atoms with E-state index in [9.17, 15) is 5.48 Å². The molecule has 0 amide bonds. The lowest BCUT2D eigenvalue weighted by Gasteiger charge is -2.32. The molecule has 1 aromatic heterocycles. The van der Waals surface area contributed by atoms with Crippen molar-refractivity contribution in [3.05, 3.63) is 272 Å². The van der Waals surface area contributed by atoms with Crippen LogP contribution in [-0.4, -0.2) is 11.7 Å². The van der Waals surface area contributed by atoms with Gasteiger partial charge < -0.3 is 14.7 Å². The van der Waals surface area contributed by atoms with Crippen molar-refractivity contribution in [3.63, 3.8) is 0 Å². The monoisotopic (exact) mass is 990 g/mol. The Morgan fingerprint density at radius 1 is 0.434 bits per heavy atom. The highest BCUT2D eigenvalue weighted by molar-refractivity contribution is 6.04. The Hall–Kier alpha value is -9.45. The third-order valence-electron chi connectivity index (χ3n) is 14.4. The summed E-state index contributed by atoms with van der Waals surface area (Å²) in [5.41, 5.74) is 15.1. The fourth-order valence-corrected chi connectivity index (χ4v) is 10.8. The number of nitrogens with zero attached hydrogens (tertiary/aromatic N) is 5. The molecule has 0 spiro atoms. The van der Waals surface area contributed by atoms with Gasteiger partial charge in [0.1, 0.15) is 12.5 Å². The van der Waals surface area contributed by atoms with Gasteiger partial charge in [0.05, 0.1) is 42.1 Å². The molecule has 0 N–H and O–H groups in total. The van der Waals surface area contributed by atoms with Crippen LogP contribution in [0.15, 0.2) is 261 Å². The van der Waals surface area contributed by atoms with Crippen LogP contribution >= 0.6 is 0 Å². The summed E-state index contributed by atoms with van der Waals surface area (Å²) in [6, 6.07) is 61.2. The zero-order valence-corrected chi connectivity index (χ0v) is 42.5. The number of hydrogen-bond donors (Lipinski definition) is 0. The fraction of sp³-hybridized carbons (Fsp3) is 0.0845. The van der Waals surface area contributed by atoms with Gasteiger partial charge in [-0.15, -0.1) is 0 Å². The van der Waals surface area contributed by atoms with E-state index >= 15 is 0 Å². The second-order valence-electron chi connectivity index (χ2n) is 20.2. The summed E-state index contributed by atoms with van der Waals surface area (Å²) < 4.78 is 89.8. The van der Waals surface area contributed by atoms with Crippen LogP contribution in [0.4, 0.5) is 57.0 Å². The maximum absolute atomic E-state index is 9.34. The van der Waals surface area contributed by atoms with Gasteiger partial charge in [-0.1, -0.05) is 190 Å². The number of aromatic nitrogens is 1. The number of para-hydroxylation sites is 3. The first-order valence-electron chi connectivity index (χ1n) is 30.5. The number of rotatable bonds is 9. The lowest BCUT2D eigenvalue weighted by Crippen LogP contribution is -2.25. The van der Waals surface area contributed by atoms with Gasteiger partial charge in [-0.25, -0.2) is 4.98 Å². The molecule has 5 heteroatoms. The standard InChI is InChI=1S/C71H57N5/c1-49-41-63(51-25-11-6-12-26-51)70(64(42-49)52-27-13-7-14-28-52)74-48-73(65-33-19-20-34-66(65)74)57-43-53(50-23-9-5-10-24-50)44-58(46-57)75(55-29-15-8-16-30-55)56-37-39-62-60-32-18-17-31-59(60)61-38-36-54(71(2,3)4)45-67(61)76(68(62)47-56)69-35-21-22-40-72-69/h5-47H,48H2,1-4H3/i6D,7D,11D,12D,13D,14D,25D,26D,27D,28D. The van der Waals surface area contributed by atoms with E-state index in [-0.39, 0.29) is 34.3 Å². The van der Waals surface area contributed by atoms with Gasteiger partial charge >= 0.3 is 0 Å². The summed E-state index contributed by atoms with van der Waals surface area (Å²) in [6.07, 6.45) is 1.83. The summed E-state index contributed by atoms with van der Waals surface area (Å²) in [6.45, 7) is 8.56. The van der Waals surface area contributed by atoms with Crippen molar-refractivity contribution in [1.29, 1.82) is 0 Å². The predicted octanol–water partition coefficient (Wildman–Crippen LogP) is 19.5. The van der Waals surface area contributed by atoms with E-state index in [4.69, 9.17) is 13.2 Å². The van der Waals surface area contributed by atoms with Crippen molar-refractivity contribution in [3.8, 4) is 55.6 Å². The zero-order chi connectivity index (χ0) is 60.0. The van der Waals surface area contributed by atoms with Gasteiger partial charge in [-0.3, -0.25) is 4.90 Å². The number of hydrogen-bond acceptors (Lipinski definition) is 5. The Kier molecular flexibility index (Phi) is 9.17. The van der Waals surface area contributed by atoms with Crippen LogP contribution in [0.3, 0.4) is 0 Å². The van der Waals surface area contributed by atoms with Crippen LogP contribution < -0.4 is 19.6 Å². The Morgan fingerprint density at radius 2 is 1.01 bits per heavy atom. The molecule has 366 valence electrons. The van der Waals surface area contributed by atoms with Crippen LogP contribution in [0.25, 0.3) is 55.6 Å². The minimum Gasteiger partial charge on any atom is -0.321 e. The second kappa shape index (κ2) is 19.1. The maximum Gasteiger partial charge on any atom is 0.137 e. The summed E-state index contributed by atoms with van der Waals surface area (Å²) in [5.74, 6) is 0.765. The molecule has 76 heavy (non-hydrogen) atoms. The minimum atomic E-state index is -0.554. The molecule has 2 aliphatic heterocycles. The fourth-order valence-electron chi connectivity index (χ4n) is 10.8. The largest absolute Gasteiger partial charge is 0.321 e. The van der Waals surface area contributed by atoms with Gasteiger partial charge in [-0.05, 0) is 142 Å². The van der Waals surface area contributed by atoms with Gasteiger partial charge in [0.25, 0.3) is 0 Å². The van der Waals surface area contributed by atoms with E-state index in [1.54, 1.807) is 19.1 Å². The van der Waals surface area contributed by atoms with E-state index in [0.29, 0.717) is 16.9 Å². The normalized spacial score (nSPS) is 14.4. The SMILES string of the molecule is [2H]c1c([2H])c([2H])c(-c2cc(C)cc(-c3c([2H])c([2H])c([2H])c([2H])c3[2H])c2N2CN(c3cc(-c4ccccc4)cc(N(c4ccccc4)c4ccc5c(c4)N(c4ccccn4)c4cc(C(C)(C)C)ccc4-c4ccccc4-5)c3)c3ccccc32)c([2H])c1[2H]. The molecule has 0 fully saturated rings. The van der Waals surface area contributed by atoms with Crippen LogP contribution in [-0.2, 0) is 5.41 Å². The lowest BCUT2D eigenvalue weighted by atomic mass is 9.85. The topological polar surface area (TPSA) is 25.9 Å². The first-order chi connectivity index (χ1) is 41.4. The Morgan fingerprint density at radius 3 is 1.64 bits per heavy atom. The number of anilines is 10. The first kappa shape index (κ1) is 36.5. The lowest BCUT2D eigenvalue weighted by molar-refractivity contribution is 0.590. The summed E-state index contributed by atoms with van der Waals surface area (Å²) in [5, 5.41) is 0. The second-order valence-corrected chi connectivity index (χ2v) is 20.2. The number of fused-ring (bicyclic) bond motifs is 6. The van der Waals surface area contributed by atoms with Crippen molar-refractivity contribution in [2.24, 2.45) is 0 Å². The number of pyridine rings is 1. The third-order valence-corrected chi connectivity index (χ3v) is 14.4. The van der Waals surface area contributed by atoms with Crippen LogP contribution in [0, 0.1) is 6.92 Å². The van der Waals surface area contributed by atoms with E-state index in [1.165, 1.54) is 5.56 Å². The molecule has 13 rings (SSSR count). The van der Waals surface area contributed by atoms with Crippen molar-refractivity contribution in [2.75, 3.05) is 26.3 Å². The molecule has 0 atom stereocenters. The van der Waals surface area contributed by atoms with Crippen molar-refractivity contribution in [1.82, 2.24) is 4.98 Å². The average Bonchev–Trinajstić information content (AvgIpc) is 1.53. The molecule has 0 unspecified atom stereocenters. The van der Waals surface area contributed by atoms with Crippen LogP contribution in [0.1, 0.15) is 45.6 Å². The van der Waals surface area contributed by atoms with Crippen LogP contribution in [0.5, 0.6) is 0 Å². The van der Waals surface area contributed by atoms with Gasteiger partial charge in [0.2, 0.25) is 0 Å². The Bertz CT molecular complexity index is 4390. The van der Waals surface area contributed by atoms with Crippen molar-refractivity contribution < 1.29 is 13.7 Å². The van der Waals surface area contributed by atoms with E-state index in [1.807, 2.05) is 83.9 Å². The number of aryl methyl sites for hydroxylation is 1. The quantitative estimate of drug-likeness (QED) is 0.144. The summed E-state index contributed by atoms with van der Waals surface area (Å²) in [4.78, 5) is 13.7. The van der Waals surface area contributed by atoms with Crippen molar-refractivity contribution >= 4 is 57.0 Å². The molecule has 5 nitrogen and oxygen atoms in total. The van der Waals surface area contributed by atoms with E-state index in [2.05, 4.69) is 145 Å². The summed E-state index contributed by atoms with van der Waals surface area (Å²) >= 11 is 0. The minimum absolute atomic E-state index is 0.0794. The number of benzene rings is 10. The van der Waals surface area contributed by atoms with Gasteiger partial charge in [0.15, 0.2) is 0 Å². The molecule has 0 aliphatic carbocycles. The molecular formula is C71H57N5. The maximum atomic E-state index is 9.34. The molecular weight excluding hydrogens is 923 g/mol. The Balaban J connectivity index is 1.05. The third kappa shape index (κ3) is 8.36. The molecule has 0 bridgehead atoms. The molecule has 3 heterocycles. The summed E-state index contributed by atoms with van der Waals surface area (Å²) in [7, 11) is 0. The molecule has 0 saturated heterocycles.